The minimum atomic E-state index is -1.77. The lowest BCUT2D eigenvalue weighted by Crippen LogP contribution is -2.64. The molecule has 41 heavy (non-hydrogen) atoms. The maximum absolute atomic E-state index is 12.8. The van der Waals surface area contributed by atoms with Gasteiger partial charge in [-0.3, -0.25) is 19.7 Å². The molecule has 2 aliphatic heterocycles. The predicted octanol–water partition coefficient (Wildman–Crippen LogP) is 2.09. The first-order valence-corrected chi connectivity index (χ1v) is 12.6. The summed E-state index contributed by atoms with van der Waals surface area (Å²) in [5.74, 6) is -4.23. The maximum atomic E-state index is 12.8. The number of carbonyl (C=O) groups is 5. The first-order chi connectivity index (χ1) is 19.3. The van der Waals surface area contributed by atoms with Crippen molar-refractivity contribution >= 4 is 41.7 Å². The van der Waals surface area contributed by atoms with Gasteiger partial charge in [-0.1, -0.05) is 18.2 Å². The summed E-state index contributed by atoms with van der Waals surface area (Å²) in [7, 11) is 1.05. The van der Waals surface area contributed by atoms with Crippen LogP contribution >= 0.6 is 0 Å². The molecule has 5 atom stereocenters. The molecule has 2 heterocycles. The second-order valence-electron chi connectivity index (χ2n) is 9.60. The van der Waals surface area contributed by atoms with Crippen LogP contribution in [0, 0.1) is 0 Å². The van der Waals surface area contributed by atoms with Crippen molar-refractivity contribution in [3.05, 3.63) is 35.4 Å². The average Bonchev–Trinajstić information content (AvgIpc) is 2.88. The van der Waals surface area contributed by atoms with Crippen molar-refractivity contribution in [3.8, 4) is 0 Å². The minimum absolute atomic E-state index is 0.341. The van der Waals surface area contributed by atoms with Crippen LogP contribution in [-0.2, 0) is 57.1 Å². The second-order valence-corrected chi connectivity index (χ2v) is 9.60. The molecule has 5 unspecified atom stereocenters. The molecule has 14 heteroatoms. The molecule has 14 nitrogen and oxygen atoms in total. The van der Waals surface area contributed by atoms with Crippen molar-refractivity contribution in [1.82, 2.24) is 0 Å². The first kappa shape index (κ1) is 31.5. The van der Waals surface area contributed by atoms with E-state index in [1.165, 1.54) is 0 Å². The number of nitrogens with one attached hydrogen (secondary N) is 1. The van der Waals surface area contributed by atoms with E-state index in [-0.39, 0.29) is 0 Å². The summed E-state index contributed by atoms with van der Waals surface area (Å²) in [6.45, 7) is 7.66. The number of benzene rings is 1. The summed E-state index contributed by atoms with van der Waals surface area (Å²) in [5.41, 5.74) is 2.11. The Labute approximate surface area is 236 Å². The molecule has 2 aliphatic rings. The summed E-state index contributed by atoms with van der Waals surface area (Å²) in [5, 5.41) is 2.50. The summed E-state index contributed by atoms with van der Waals surface area (Å²) in [6.07, 6.45) is -7.37. The van der Waals surface area contributed by atoms with Gasteiger partial charge in [0.25, 0.3) is 0 Å². The highest BCUT2D eigenvalue weighted by Crippen LogP contribution is 2.30. The van der Waals surface area contributed by atoms with Crippen LogP contribution in [0.5, 0.6) is 0 Å². The minimum Gasteiger partial charge on any atom is -0.467 e. The number of rotatable bonds is 7. The molecular weight excluding hydrogens is 546 g/mol. The number of carbonyl (C=O) groups excluding carboxylic acids is 5. The van der Waals surface area contributed by atoms with E-state index in [1.54, 1.807) is 24.3 Å². The van der Waals surface area contributed by atoms with E-state index in [0.717, 1.165) is 39.0 Å². The molecule has 0 aromatic heterocycles. The number of methoxy groups -OCH3 is 1. The molecule has 224 valence electrons. The Morgan fingerprint density at radius 3 is 1.90 bits per heavy atom. The Balaban J connectivity index is 1.77. The van der Waals surface area contributed by atoms with Crippen LogP contribution in [0.15, 0.2) is 29.8 Å². The van der Waals surface area contributed by atoms with E-state index in [9.17, 15) is 24.0 Å². The van der Waals surface area contributed by atoms with Gasteiger partial charge in [0.2, 0.25) is 12.4 Å². The zero-order valence-corrected chi connectivity index (χ0v) is 23.5. The average molecular weight is 580 g/mol. The van der Waals surface area contributed by atoms with E-state index < -0.39 is 66.5 Å². The van der Waals surface area contributed by atoms with Gasteiger partial charge in [0.15, 0.2) is 24.1 Å². The number of hydrogen-bond donors (Lipinski definition) is 1. The molecule has 1 aromatic rings. The first-order valence-electron chi connectivity index (χ1n) is 12.6. The van der Waals surface area contributed by atoms with Gasteiger partial charge in [-0.25, -0.2) is 9.59 Å². The van der Waals surface area contributed by atoms with Crippen molar-refractivity contribution in [2.45, 2.75) is 71.1 Å². The molecule has 0 saturated carbocycles. The third-order valence-electron chi connectivity index (χ3n) is 5.80. The molecule has 1 amide bonds. The van der Waals surface area contributed by atoms with Crippen LogP contribution in [0.1, 0.15) is 40.2 Å². The van der Waals surface area contributed by atoms with Gasteiger partial charge in [-0.2, -0.15) is 0 Å². The van der Waals surface area contributed by atoms with Crippen LogP contribution in [0.25, 0.3) is 6.08 Å². The lowest BCUT2D eigenvalue weighted by molar-refractivity contribution is -0.287. The van der Waals surface area contributed by atoms with E-state index >= 15 is 0 Å². The van der Waals surface area contributed by atoms with Gasteiger partial charge < -0.3 is 37.9 Å². The van der Waals surface area contributed by atoms with Gasteiger partial charge >= 0.3 is 30.0 Å². The zero-order valence-electron chi connectivity index (χ0n) is 23.5. The quantitative estimate of drug-likeness (QED) is 0.368. The van der Waals surface area contributed by atoms with Crippen LogP contribution < -0.4 is 5.32 Å². The van der Waals surface area contributed by atoms with Crippen molar-refractivity contribution in [1.29, 1.82) is 0 Å². The van der Waals surface area contributed by atoms with Crippen molar-refractivity contribution in [3.63, 3.8) is 0 Å². The summed E-state index contributed by atoms with van der Waals surface area (Å²) in [4.78, 5) is 60.8. The van der Waals surface area contributed by atoms with Crippen LogP contribution in [-0.4, -0.2) is 86.8 Å². The zero-order chi connectivity index (χ0) is 30.3. The Hall–Kier alpha value is -4.01. The summed E-state index contributed by atoms with van der Waals surface area (Å²) < 4.78 is 42.5. The Morgan fingerprint density at radius 1 is 0.829 bits per heavy atom. The SMILES string of the molecule is COC(=O)C1OC(OC(=O)Nc2ccc(C=C3COC(C)(C)OC3)cc2)C(OC(C)=O)C(OC(C)=O)C1OC(C)=O. The van der Waals surface area contributed by atoms with Gasteiger partial charge in [0.1, 0.15) is 0 Å². The number of anilines is 1. The molecule has 1 N–H and O–H groups in total. The van der Waals surface area contributed by atoms with Gasteiger partial charge in [0, 0.05) is 26.5 Å². The van der Waals surface area contributed by atoms with Crippen molar-refractivity contribution in [2.75, 3.05) is 25.6 Å². The maximum Gasteiger partial charge on any atom is 0.414 e. The largest absolute Gasteiger partial charge is 0.467 e. The molecule has 0 aliphatic carbocycles. The number of amides is 1. The number of ether oxygens (including phenoxy) is 8. The third kappa shape index (κ3) is 8.99. The molecule has 1 aromatic carbocycles. The van der Waals surface area contributed by atoms with Crippen LogP contribution in [0.4, 0.5) is 10.5 Å². The van der Waals surface area contributed by atoms with Crippen LogP contribution in [0.3, 0.4) is 0 Å². The highest BCUT2D eigenvalue weighted by molar-refractivity contribution is 5.85. The fourth-order valence-corrected chi connectivity index (χ4v) is 4.03. The third-order valence-corrected chi connectivity index (χ3v) is 5.80. The highest BCUT2D eigenvalue weighted by atomic mass is 16.8. The Morgan fingerprint density at radius 2 is 1.37 bits per heavy atom. The van der Waals surface area contributed by atoms with E-state index in [1.807, 2.05) is 19.9 Å². The molecular formula is C27H33NO13. The topological polar surface area (TPSA) is 171 Å². The Kier molecular flexibility index (Phi) is 10.4. The number of esters is 4. The fraction of sp³-hybridized carbons (Fsp3) is 0.519. The Bertz CT molecular complexity index is 1160. The van der Waals surface area contributed by atoms with Gasteiger partial charge in [-0.15, -0.1) is 0 Å². The van der Waals surface area contributed by atoms with Crippen molar-refractivity contribution in [2.24, 2.45) is 0 Å². The fourth-order valence-electron chi connectivity index (χ4n) is 4.03. The molecule has 2 fully saturated rings. The highest BCUT2D eigenvalue weighted by Gasteiger charge is 2.56. The lowest BCUT2D eigenvalue weighted by Gasteiger charge is -2.42. The molecule has 0 bridgehead atoms. The molecule has 2 saturated heterocycles. The number of hydrogen-bond acceptors (Lipinski definition) is 13. The van der Waals surface area contributed by atoms with Gasteiger partial charge in [0.05, 0.1) is 20.3 Å². The molecule has 0 radical (unpaired) electrons. The second kappa shape index (κ2) is 13.6. The molecule has 0 spiro atoms. The summed E-state index contributed by atoms with van der Waals surface area (Å²) >= 11 is 0. The molecule has 3 rings (SSSR count). The van der Waals surface area contributed by atoms with E-state index in [0.29, 0.717) is 18.9 Å². The smallest absolute Gasteiger partial charge is 0.414 e. The van der Waals surface area contributed by atoms with E-state index in [4.69, 9.17) is 37.9 Å². The normalized spacial score (nSPS) is 25.2. The van der Waals surface area contributed by atoms with E-state index in [2.05, 4.69) is 5.32 Å². The van der Waals surface area contributed by atoms with Crippen LogP contribution in [0.2, 0.25) is 0 Å². The lowest BCUT2D eigenvalue weighted by atomic mass is 9.97. The van der Waals surface area contributed by atoms with Gasteiger partial charge in [-0.05, 0) is 37.1 Å². The standard InChI is InChI=1S/C27H33NO13/c1-14(29)37-20-21(38-15(2)30)23(39-16(3)31)25(40-22(20)24(32)34-6)41-26(33)28-19-9-7-17(8-10-19)11-18-12-35-27(4,5)36-13-18/h7-11,20-23,25H,12-13H2,1-6H3,(H,28,33). The predicted molar refractivity (Wildman–Crippen MR) is 138 cm³/mol. The monoisotopic (exact) mass is 579 g/mol. The summed E-state index contributed by atoms with van der Waals surface area (Å²) in [6, 6.07) is 6.72. The van der Waals surface area contributed by atoms with Crippen molar-refractivity contribution < 1.29 is 61.9 Å².